The van der Waals surface area contributed by atoms with Crippen LogP contribution in [0.3, 0.4) is 0 Å². The number of rotatable bonds is 12. The normalized spacial score (nSPS) is 11.1. The van der Waals surface area contributed by atoms with E-state index >= 15 is 0 Å². The molecule has 0 aliphatic heterocycles. The van der Waals surface area contributed by atoms with Gasteiger partial charge in [-0.3, -0.25) is 0 Å². The lowest BCUT2D eigenvalue weighted by molar-refractivity contribution is 0.295. The standard InChI is InChI=1S/C24H33N3O2/c1-5-6-7-15-27-21(13-14-25)19-11-12-23(18(2)16-19)29-17-20-22(26-3)9-8-10-24(20)28-4/h8-14,16,25-27H,5-7,15,17H2,1-4H3/b21-13-,25-14?. The molecule has 29 heavy (non-hydrogen) atoms. The van der Waals surface area contributed by atoms with Crippen LogP contribution in [-0.4, -0.2) is 26.9 Å². The van der Waals surface area contributed by atoms with E-state index in [-0.39, 0.29) is 0 Å². The van der Waals surface area contributed by atoms with Gasteiger partial charge in [-0.25, -0.2) is 0 Å². The smallest absolute Gasteiger partial charge is 0.127 e. The maximum atomic E-state index is 7.45. The van der Waals surface area contributed by atoms with Crippen molar-refractivity contribution in [1.82, 2.24) is 5.32 Å². The Morgan fingerprint density at radius 1 is 1.14 bits per heavy atom. The second kappa shape index (κ2) is 11.8. The van der Waals surface area contributed by atoms with E-state index in [0.717, 1.165) is 52.5 Å². The molecule has 5 heteroatoms. The minimum atomic E-state index is 0.416. The topological polar surface area (TPSA) is 66.4 Å². The first-order valence-corrected chi connectivity index (χ1v) is 10.2. The largest absolute Gasteiger partial charge is 0.496 e. The van der Waals surface area contributed by atoms with E-state index in [4.69, 9.17) is 14.9 Å². The van der Waals surface area contributed by atoms with Gasteiger partial charge >= 0.3 is 0 Å². The molecule has 0 aliphatic carbocycles. The zero-order valence-electron chi connectivity index (χ0n) is 18.0. The lowest BCUT2D eigenvalue weighted by Crippen LogP contribution is -2.14. The Morgan fingerprint density at radius 3 is 2.62 bits per heavy atom. The third kappa shape index (κ3) is 6.28. The van der Waals surface area contributed by atoms with Crippen LogP contribution in [0.15, 0.2) is 42.5 Å². The number of anilines is 1. The van der Waals surface area contributed by atoms with Crippen LogP contribution in [0.1, 0.15) is 42.9 Å². The average molecular weight is 396 g/mol. The van der Waals surface area contributed by atoms with Gasteiger partial charge in [-0.1, -0.05) is 25.8 Å². The highest BCUT2D eigenvalue weighted by molar-refractivity contribution is 5.82. The van der Waals surface area contributed by atoms with Crippen molar-refractivity contribution in [3.8, 4) is 11.5 Å². The number of benzene rings is 2. The van der Waals surface area contributed by atoms with Crippen LogP contribution in [0.5, 0.6) is 11.5 Å². The quantitative estimate of drug-likeness (QED) is 0.333. The van der Waals surface area contributed by atoms with E-state index in [0.29, 0.717) is 6.61 Å². The number of aryl methyl sites for hydroxylation is 1. The van der Waals surface area contributed by atoms with Crippen molar-refractivity contribution in [1.29, 1.82) is 5.41 Å². The van der Waals surface area contributed by atoms with Crippen molar-refractivity contribution in [3.05, 3.63) is 59.2 Å². The summed E-state index contributed by atoms with van der Waals surface area (Å²) in [6, 6.07) is 12.0. The highest BCUT2D eigenvalue weighted by atomic mass is 16.5. The molecule has 0 amide bonds. The Hall–Kier alpha value is -2.95. The molecule has 0 radical (unpaired) electrons. The fourth-order valence-corrected chi connectivity index (χ4v) is 3.21. The van der Waals surface area contributed by atoms with Crippen molar-refractivity contribution in [2.24, 2.45) is 0 Å². The van der Waals surface area contributed by atoms with Crippen LogP contribution in [0.2, 0.25) is 0 Å². The van der Waals surface area contributed by atoms with Crippen molar-refractivity contribution < 1.29 is 9.47 Å². The molecule has 0 aromatic heterocycles. The van der Waals surface area contributed by atoms with E-state index in [1.807, 2.05) is 44.3 Å². The van der Waals surface area contributed by atoms with Gasteiger partial charge in [0.1, 0.15) is 18.1 Å². The van der Waals surface area contributed by atoms with Crippen LogP contribution in [0.25, 0.3) is 5.70 Å². The monoisotopic (exact) mass is 395 g/mol. The molecule has 3 N–H and O–H groups in total. The van der Waals surface area contributed by atoms with Crippen LogP contribution in [0.4, 0.5) is 5.69 Å². The molecule has 0 atom stereocenters. The van der Waals surface area contributed by atoms with Crippen LogP contribution < -0.4 is 20.1 Å². The number of allylic oxidation sites excluding steroid dienone is 1. The molecule has 0 unspecified atom stereocenters. The fourth-order valence-electron chi connectivity index (χ4n) is 3.21. The summed E-state index contributed by atoms with van der Waals surface area (Å²) in [5, 5.41) is 14.1. The van der Waals surface area contributed by atoms with E-state index in [1.54, 1.807) is 13.2 Å². The second-order valence-corrected chi connectivity index (χ2v) is 6.89. The Bertz CT molecular complexity index is 809. The summed E-state index contributed by atoms with van der Waals surface area (Å²) in [4.78, 5) is 0. The van der Waals surface area contributed by atoms with E-state index in [9.17, 15) is 0 Å². The van der Waals surface area contributed by atoms with Gasteiger partial charge < -0.3 is 25.5 Å². The minimum Gasteiger partial charge on any atom is -0.496 e. The molecule has 0 saturated heterocycles. The van der Waals surface area contributed by atoms with Gasteiger partial charge in [0.2, 0.25) is 0 Å². The lowest BCUT2D eigenvalue weighted by Gasteiger charge is -2.17. The number of hydrogen-bond donors (Lipinski definition) is 3. The first-order chi connectivity index (χ1) is 14.1. The molecular weight excluding hydrogens is 362 g/mol. The van der Waals surface area contributed by atoms with Gasteiger partial charge in [-0.15, -0.1) is 0 Å². The zero-order chi connectivity index (χ0) is 21.1. The van der Waals surface area contributed by atoms with E-state index < -0.39 is 0 Å². The summed E-state index contributed by atoms with van der Waals surface area (Å²) in [7, 11) is 3.56. The minimum absolute atomic E-state index is 0.416. The Labute approximate surface area is 174 Å². The SMILES string of the molecule is CCCCCN/C(=C\C=N)c1ccc(OCc2c(NC)cccc2OC)c(C)c1. The first kappa shape index (κ1) is 22.3. The summed E-state index contributed by atoms with van der Waals surface area (Å²) >= 11 is 0. The average Bonchev–Trinajstić information content (AvgIpc) is 2.74. The summed E-state index contributed by atoms with van der Waals surface area (Å²) in [5.74, 6) is 1.64. The predicted molar refractivity (Wildman–Crippen MR) is 122 cm³/mol. The van der Waals surface area contributed by atoms with E-state index in [2.05, 4.69) is 23.6 Å². The van der Waals surface area contributed by atoms with E-state index in [1.165, 1.54) is 19.1 Å². The first-order valence-electron chi connectivity index (χ1n) is 10.2. The maximum Gasteiger partial charge on any atom is 0.127 e. The third-order valence-electron chi connectivity index (χ3n) is 4.83. The molecule has 156 valence electrons. The van der Waals surface area contributed by atoms with Gasteiger partial charge in [0.05, 0.1) is 12.7 Å². The van der Waals surface area contributed by atoms with Crippen LogP contribution in [-0.2, 0) is 6.61 Å². The number of hydrogen-bond acceptors (Lipinski definition) is 5. The molecule has 0 saturated carbocycles. The summed E-state index contributed by atoms with van der Waals surface area (Å²) in [5.41, 5.74) is 5.06. The van der Waals surface area contributed by atoms with Gasteiger partial charge in [0.25, 0.3) is 0 Å². The van der Waals surface area contributed by atoms with Crippen molar-refractivity contribution in [2.75, 3.05) is 26.0 Å². The number of ether oxygens (including phenoxy) is 2. The van der Waals surface area contributed by atoms with Crippen molar-refractivity contribution >= 4 is 17.6 Å². The Kier molecular flexibility index (Phi) is 9.09. The molecular formula is C24H33N3O2. The summed E-state index contributed by atoms with van der Waals surface area (Å²) in [6.45, 7) is 5.56. The number of unbranched alkanes of at least 4 members (excludes halogenated alkanes) is 2. The van der Waals surface area contributed by atoms with Gasteiger partial charge in [-0.2, -0.15) is 0 Å². The summed E-state index contributed by atoms with van der Waals surface area (Å²) < 4.78 is 11.6. The predicted octanol–water partition coefficient (Wildman–Crippen LogP) is 5.39. The molecule has 0 bridgehead atoms. The van der Waals surface area contributed by atoms with Gasteiger partial charge in [0, 0.05) is 31.2 Å². The fraction of sp³-hybridized carbons (Fsp3) is 0.375. The molecule has 0 fully saturated rings. The molecule has 0 heterocycles. The van der Waals surface area contributed by atoms with Crippen molar-refractivity contribution in [3.63, 3.8) is 0 Å². The zero-order valence-corrected chi connectivity index (χ0v) is 18.0. The lowest BCUT2D eigenvalue weighted by atomic mass is 10.1. The van der Waals surface area contributed by atoms with Gasteiger partial charge in [-0.05, 0) is 60.9 Å². The molecule has 2 aromatic rings. The third-order valence-corrected chi connectivity index (χ3v) is 4.83. The molecule has 2 rings (SSSR count). The van der Waals surface area contributed by atoms with Crippen molar-refractivity contribution in [2.45, 2.75) is 39.7 Å². The Morgan fingerprint density at radius 2 is 1.97 bits per heavy atom. The van der Waals surface area contributed by atoms with Crippen LogP contribution in [0, 0.1) is 12.3 Å². The van der Waals surface area contributed by atoms with Crippen LogP contribution >= 0.6 is 0 Å². The van der Waals surface area contributed by atoms with Gasteiger partial charge in [0.15, 0.2) is 0 Å². The number of methoxy groups -OCH3 is 1. The molecule has 5 nitrogen and oxygen atoms in total. The molecule has 0 spiro atoms. The number of nitrogens with one attached hydrogen (secondary N) is 3. The maximum absolute atomic E-state index is 7.45. The molecule has 0 aliphatic rings. The summed E-state index contributed by atoms with van der Waals surface area (Å²) in [6.07, 6.45) is 6.64. The Balaban J connectivity index is 2.13. The highest BCUT2D eigenvalue weighted by Crippen LogP contribution is 2.29. The highest BCUT2D eigenvalue weighted by Gasteiger charge is 2.11. The molecule has 2 aromatic carbocycles. The second-order valence-electron chi connectivity index (χ2n) is 6.89.